The highest BCUT2D eigenvalue weighted by atomic mass is 28.4. The molecular weight excluding hydrogens is 599 g/mol. The lowest BCUT2D eigenvalue weighted by molar-refractivity contribution is 0.573. The molecule has 0 aromatic heterocycles. The second-order valence-electron chi connectivity index (χ2n) is 15.1. The quantitative estimate of drug-likeness (QED) is 0.0267. The van der Waals surface area contributed by atoms with Crippen molar-refractivity contribution in [3.05, 3.63) is 0 Å². The van der Waals surface area contributed by atoms with Crippen LogP contribution in [-0.4, -0.2) is 16.8 Å². The van der Waals surface area contributed by atoms with Crippen molar-refractivity contribution >= 4 is 16.8 Å². The molecule has 0 amide bonds. The van der Waals surface area contributed by atoms with Gasteiger partial charge in [0.05, 0.1) is 0 Å². The zero-order valence-corrected chi connectivity index (χ0v) is 34.2. The van der Waals surface area contributed by atoms with E-state index in [1.807, 2.05) is 0 Å². The maximum absolute atomic E-state index is 16.7. The second kappa shape index (κ2) is 34.7. The molecule has 0 aliphatic rings. The molecule has 274 valence electrons. The Bertz CT molecular complexity index is 576. The predicted molar refractivity (Wildman–Crippen MR) is 211 cm³/mol. The van der Waals surface area contributed by atoms with Crippen molar-refractivity contribution in [3.63, 3.8) is 0 Å². The summed E-state index contributed by atoms with van der Waals surface area (Å²) < 4.78 is 33.4. The summed E-state index contributed by atoms with van der Waals surface area (Å²) >= 11 is 0. The van der Waals surface area contributed by atoms with Crippen molar-refractivity contribution in [2.24, 2.45) is 0 Å². The molecule has 46 heavy (non-hydrogen) atoms. The number of rotatable bonds is 36. The first-order chi connectivity index (χ1) is 22.4. The Kier molecular flexibility index (Phi) is 34.6. The summed E-state index contributed by atoms with van der Waals surface area (Å²) in [6.45, 7) is 9.05. The van der Waals surface area contributed by atoms with E-state index in [9.17, 15) is 0 Å². The van der Waals surface area contributed by atoms with Crippen LogP contribution in [0.15, 0.2) is 0 Å². The molecule has 0 spiro atoms. The van der Waals surface area contributed by atoms with Gasteiger partial charge in [0.15, 0.2) is 0 Å². The average Bonchev–Trinajstić information content (AvgIpc) is 3.05. The van der Waals surface area contributed by atoms with Gasteiger partial charge in [-0.3, -0.25) is 8.22 Å². The van der Waals surface area contributed by atoms with Crippen LogP contribution in [0.25, 0.3) is 0 Å². The standard InChI is InChI=1S/C42H84F2Si2/c1-5-9-13-17-21-25-29-33-37-45(43,38-34-30-26-22-18-14-10-6-2)41-42-46(44,39-35-31-27-23-19-15-11-7-3)40-36-32-28-24-20-16-12-8-4/h5-40H2,1-4H3. The van der Waals surface area contributed by atoms with E-state index in [0.717, 1.165) is 51.4 Å². The van der Waals surface area contributed by atoms with Gasteiger partial charge < -0.3 is 0 Å². The number of hydrogen-bond donors (Lipinski definition) is 0. The third kappa shape index (κ3) is 31.1. The first-order valence-electron chi connectivity index (χ1n) is 21.4. The zero-order chi connectivity index (χ0) is 33.9. The van der Waals surface area contributed by atoms with Gasteiger partial charge in [0.2, 0.25) is 0 Å². The van der Waals surface area contributed by atoms with Crippen molar-refractivity contribution in [1.82, 2.24) is 0 Å². The summed E-state index contributed by atoms with van der Waals surface area (Å²) in [7, 11) is -6.47. The minimum atomic E-state index is -3.23. The molecule has 4 heteroatoms. The van der Waals surface area contributed by atoms with Crippen LogP contribution in [0.2, 0.25) is 24.2 Å². The molecule has 0 heterocycles. The Labute approximate surface area is 292 Å². The van der Waals surface area contributed by atoms with Crippen molar-refractivity contribution in [1.29, 1.82) is 0 Å². The summed E-state index contributed by atoms with van der Waals surface area (Å²) in [4.78, 5) is 0. The summed E-state index contributed by atoms with van der Waals surface area (Å²) in [6.07, 6.45) is 39.4. The largest absolute Gasteiger partial charge is 0.322 e. The molecule has 0 nitrogen and oxygen atoms in total. The lowest BCUT2D eigenvalue weighted by atomic mass is 10.1. The van der Waals surface area contributed by atoms with Crippen LogP contribution in [0, 0.1) is 11.1 Å². The molecule has 0 saturated carbocycles. The molecule has 0 unspecified atom stereocenters. The van der Waals surface area contributed by atoms with Gasteiger partial charge in [-0.1, -0.05) is 244 Å². The average molecular weight is 683 g/mol. The van der Waals surface area contributed by atoms with E-state index < -0.39 is 16.8 Å². The monoisotopic (exact) mass is 683 g/mol. The number of halogens is 2. The van der Waals surface area contributed by atoms with E-state index in [2.05, 4.69) is 38.8 Å². The van der Waals surface area contributed by atoms with Crippen LogP contribution in [0.4, 0.5) is 8.22 Å². The van der Waals surface area contributed by atoms with Crippen molar-refractivity contribution in [2.45, 2.75) is 257 Å². The third-order valence-electron chi connectivity index (χ3n) is 10.2. The summed E-state index contributed by atoms with van der Waals surface area (Å²) in [5, 5.41) is 0. The van der Waals surface area contributed by atoms with Gasteiger partial charge in [0, 0.05) is 0 Å². The van der Waals surface area contributed by atoms with Gasteiger partial charge in [-0.25, -0.2) is 0 Å². The van der Waals surface area contributed by atoms with Gasteiger partial charge in [0.25, 0.3) is 0 Å². The Hall–Kier alpha value is -0.146. The van der Waals surface area contributed by atoms with Crippen LogP contribution in [0.3, 0.4) is 0 Å². The van der Waals surface area contributed by atoms with Crippen molar-refractivity contribution in [2.75, 3.05) is 0 Å². The van der Waals surface area contributed by atoms with Crippen molar-refractivity contribution < 1.29 is 8.22 Å². The normalized spacial score (nSPS) is 12.0. The molecule has 0 fully saturated rings. The number of hydrogen-bond acceptors (Lipinski definition) is 0. The molecule has 0 aliphatic carbocycles. The first kappa shape index (κ1) is 45.9. The van der Waals surface area contributed by atoms with E-state index in [1.165, 1.54) is 154 Å². The van der Waals surface area contributed by atoms with Crippen LogP contribution >= 0.6 is 0 Å². The van der Waals surface area contributed by atoms with E-state index in [1.54, 1.807) is 0 Å². The molecule has 0 radical (unpaired) electrons. The smallest absolute Gasteiger partial charge is 0.297 e. The van der Waals surface area contributed by atoms with E-state index >= 15 is 8.22 Å². The van der Waals surface area contributed by atoms with Crippen LogP contribution in [0.5, 0.6) is 0 Å². The summed E-state index contributed by atoms with van der Waals surface area (Å²) in [5.41, 5.74) is 6.47. The van der Waals surface area contributed by atoms with E-state index in [4.69, 9.17) is 0 Å². The van der Waals surface area contributed by atoms with Gasteiger partial charge >= 0.3 is 16.8 Å². The number of unbranched alkanes of at least 4 members (excludes halogenated alkanes) is 28. The highest BCUT2D eigenvalue weighted by Crippen LogP contribution is 2.28. The molecule has 0 aromatic rings. The minimum Gasteiger partial charge on any atom is -0.297 e. The Balaban J connectivity index is 5.18. The minimum absolute atomic E-state index is 0.644. The molecule has 0 rings (SSSR count). The Morgan fingerprint density at radius 2 is 0.413 bits per heavy atom. The Morgan fingerprint density at radius 1 is 0.261 bits per heavy atom. The second-order valence-corrected chi connectivity index (χ2v) is 21.4. The lowest BCUT2D eigenvalue weighted by Crippen LogP contribution is -2.31. The highest BCUT2D eigenvalue weighted by molar-refractivity contribution is 6.86. The maximum atomic E-state index is 16.7. The lowest BCUT2D eigenvalue weighted by Gasteiger charge is -2.20. The molecule has 0 N–H and O–H groups in total. The van der Waals surface area contributed by atoms with Crippen LogP contribution in [-0.2, 0) is 0 Å². The molecule has 0 aliphatic heterocycles. The fraction of sp³-hybridized carbons (Fsp3) is 0.952. The zero-order valence-electron chi connectivity index (χ0n) is 32.2. The van der Waals surface area contributed by atoms with Gasteiger partial charge in [-0.15, -0.1) is 0 Å². The summed E-state index contributed by atoms with van der Waals surface area (Å²) in [5.74, 6) is 0. The first-order valence-corrected chi connectivity index (χ1v) is 26.0. The Morgan fingerprint density at radius 3 is 0.587 bits per heavy atom. The predicted octanol–water partition coefficient (Wildman–Crippen LogP) is 16.5. The van der Waals surface area contributed by atoms with Crippen LogP contribution < -0.4 is 0 Å². The van der Waals surface area contributed by atoms with Gasteiger partial charge in [-0.2, -0.15) is 0 Å². The molecular formula is C42H84F2Si2. The van der Waals surface area contributed by atoms with E-state index in [0.29, 0.717) is 24.2 Å². The maximum Gasteiger partial charge on any atom is 0.322 e. The molecule has 0 bridgehead atoms. The topological polar surface area (TPSA) is 0 Å². The highest BCUT2D eigenvalue weighted by Gasteiger charge is 2.35. The van der Waals surface area contributed by atoms with E-state index in [-0.39, 0.29) is 0 Å². The molecule has 0 saturated heterocycles. The fourth-order valence-electron chi connectivity index (χ4n) is 6.88. The van der Waals surface area contributed by atoms with Crippen LogP contribution in [0.1, 0.15) is 233 Å². The van der Waals surface area contributed by atoms with Gasteiger partial charge in [-0.05, 0) is 24.2 Å². The molecule has 0 atom stereocenters. The summed E-state index contributed by atoms with van der Waals surface area (Å²) in [6, 6.07) is 2.58. The van der Waals surface area contributed by atoms with Gasteiger partial charge in [0.1, 0.15) is 0 Å². The SMILES string of the molecule is CCCCCCCCCC[Si](F)(C#C[Si](F)(CCCCCCCCCC)CCCCCCCCCC)CCCCCCCCCC. The van der Waals surface area contributed by atoms with Crippen molar-refractivity contribution in [3.8, 4) is 11.1 Å². The third-order valence-corrected chi connectivity index (χ3v) is 16.2. The fourth-order valence-corrected chi connectivity index (χ4v) is 12.9. The molecule has 0 aromatic carbocycles.